The van der Waals surface area contributed by atoms with E-state index in [9.17, 15) is 0 Å². The molecule has 0 saturated carbocycles. The van der Waals surface area contributed by atoms with Gasteiger partial charge in [-0.2, -0.15) is 0 Å². The van der Waals surface area contributed by atoms with E-state index in [1.54, 1.807) is 12.5 Å². The van der Waals surface area contributed by atoms with Crippen LogP contribution in [0.2, 0.25) is 0 Å². The summed E-state index contributed by atoms with van der Waals surface area (Å²) in [7, 11) is 1.94. The summed E-state index contributed by atoms with van der Waals surface area (Å²) in [5.74, 6) is 0. The molecule has 2 nitrogen and oxygen atoms in total. The predicted molar refractivity (Wildman–Crippen MR) is 45.9 cm³/mol. The Kier molecular flexibility index (Phi) is 13.2. The van der Waals surface area contributed by atoms with E-state index in [-0.39, 0.29) is 0 Å². The minimum absolute atomic E-state index is 1.75. The van der Waals surface area contributed by atoms with E-state index in [2.05, 4.69) is 4.98 Å². The normalized spacial score (nSPS) is 6.50. The Labute approximate surface area is 63.9 Å². The van der Waals surface area contributed by atoms with Crippen LogP contribution in [0.15, 0.2) is 18.7 Å². The van der Waals surface area contributed by atoms with Crippen molar-refractivity contribution in [3.8, 4) is 0 Å². The van der Waals surface area contributed by atoms with Gasteiger partial charge in [0.15, 0.2) is 0 Å². The molecule has 0 spiro atoms. The molecule has 0 radical (unpaired) electrons. The summed E-state index contributed by atoms with van der Waals surface area (Å²) in [5.41, 5.74) is 0. The van der Waals surface area contributed by atoms with E-state index in [1.807, 2.05) is 45.5 Å². The Balaban J connectivity index is 0. The molecular formula is C8H18N2. The fraction of sp³-hybridized carbons (Fsp3) is 0.625. The number of imidazole rings is 1. The van der Waals surface area contributed by atoms with Crippen LogP contribution in [-0.4, -0.2) is 9.55 Å². The van der Waals surface area contributed by atoms with Crippen molar-refractivity contribution in [2.45, 2.75) is 27.7 Å². The average molecular weight is 142 g/mol. The highest BCUT2D eigenvalue weighted by Crippen LogP contribution is 1.73. The van der Waals surface area contributed by atoms with Crippen LogP contribution in [0, 0.1) is 0 Å². The smallest absolute Gasteiger partial charge is 0.0943 e. The largest absolute Gasteiger partial charge is 0.341 e. The molecule has 0 aliphatic carbocycles. The molecule has 0 aliphatic rings. The highest BCUT2D eigenvalue weighted by atomic mass is 15.0. The van der Waals surface area contributed by atoms with Gasteiger partial charge in [-0.3, -0.25) is 0 Å². The van der Waals surface area contributed by atoms with Crippen LogP contribution in [0.25, 0.3) is 0 Å². The van der Waals surface area contributed by atoms with Gasteiger partial charge >= 0.3 is 0 Å². The van der Waals surface area contributed by atoms with Gasteiger partial charge in [-0.1, -0.05) is 27.7 Å². The zero-order valence-corrected chi connectivity index (χ0v) is 7.63. The lowest BCUT2D eigenvalue weighted by Crippen LogP contribution is -1.76. The van der Waals surface area contributed by atoms with E-state index in [1.165, 1.54) is 0 Å². The van der Waals surface area contributed by atoms with Crippen LogP contribution >= 0.6 is 0 Å². The van der Waals surface area contributed by atoms with Crippen molar-refractivity contribution in [1.82, 2.24) is 9.55 Å². The molecule has 1 aromatic heterocycles. The summed E-state index contributed by atoms with van der Waals surface area (Å²) in [6.45, 7) is 8.00. The quantitative estimate of drug-likeness (QED) is 0.544. The van der Waals surface area contributed by atoms with Gasteiger partial charge in [0.1, 0.15) is 0 Å². The van der Waals surface area contributed by atoms with Gasteiger partial charge in [0.25, 0.3) is 0 Å². The topological polar surface area (TPSA) is 17.8 Å². The summed E-state index contributed by atoms with van der Waals surface area (Å²) in [6, 6.07) is 0. The van der Waals surface area contributed by atoms with Gasteiger partial charge in [-0.05, 0) is 0 Å². The van der Waals surface area contributed by atoms with Crippen molar-refractivity contribution in [3.05, 3.63) is 18.7 Å². The molecule has 1 heterocycles. The van der Waals surface area contributed by atoms with Gasteiger partial charge in [-0.25, -0.2) is 4.98 Å². The minimum Gasteiger partial charge on any atom is -0.341 e. The van der Waals surface area contributed by atoms with Gasteiger partial charge in [-0.15, -0.1) is 0 Å². The predicted octanol–water partition coefficient (Wildman–Crippen LogP) is 2.47. The number of hydrogen-bond acceptors (Lipinski definition) is 1. The highest BCUT2D eigenvalue weighted by Gasteiger charge is 1.69. The third-order valence-corrected chi connectivity index (χ3v) is 0.637. The maximum absolute atomic E-state index is 3.78. The maximum atomic E-state index is 3.78. The SMILES string of the molecule is CC.CC.Cn1ccnc1. The molecule has 0 atom stereocenters. The average Bonchev–Trinajstić information content (AvgIpc) is 2.48. The lowest BCUT2D eigenvalue weighted by Gasteiger charge is -1.76. The highest BCUT2D eigenvalue weighted by molar-refractivity contribution is 4.70. The fourth-order valence-electron chi connectivity index (χ4n) is 0.326. The summed E-state index contributed by atoms with van der Waals surface area (Å²) in [6.07, 6.45) is 5.39. The Hall–Kier alpha value is -0.790. The molecule has 0 amide bonds. The molecule has 1 rings (SSSR count). The lowest BCUT2D eigenvalue weighted by atomic mass is 10.9. The van der Waals surface area contributed by atoms with Crippen LogP contribution in [0.5, 0.6) is 0 Å². The summed E-state index contributed by atoms with van der Waals surface area (Å²) >= 11 is 0. The van der Waals surface area contributed by atoms with E-state index in [0.29, 0.717) is 0 Å². The number of aromatic nitrogens is 2. The van der Waals surface area contributed by atoms with Crippen LogP contribution in [0.4, 0.5) is 0 Å². The Morgan fingerprint density at radius 3 is 1.70 bits per heavy atom. The van der Waals surface area contributed by atoms with E-state index in [0.717, 1.165) is 0 Å². The van der Waals surface area contributed by atoms with Crippen LogP contribution < -0.4 is 0 Å². The molecule has 2 heteroatoms. The maximum Gasteiger partial charge on any atom is 0.0943 e. The molecular weight excluding hydrogens is 124 g/mol. The molecule has 60 valence electrons. The van der Waals surface area contributed by atoms with Crippen molar-refractivity contribution >= 4 is 0 Å². The molecule has 1 aromatic rings. The van der Waals surface area contributed by atoms with E-state index >= 15 is 0 Å². The van der Waals surface area contributed by atoms with Crippen molar-refractivity contribution in [1.29, 1.82) is 0 Å². The minimum atomic E-state index is 1.75. The second kappa shape index (κ2) is 11.1. The molecule has 0 unspecified atom stereocenters. The molecule has 0 fully saturated rings. The number of hydrogen-bond donors (Lipinski definition) is 0. The van der Waals surface area contributed by atoms with Crippen molar-refractivity contribution in [2.75, 3.05) is 0 Å². The lowest BCUT2D eigenvalue weighted by molar-refractivity contribution is 0.913. The van der Waals surface area contributed by atoms with Gasteiger partial charge in [0.2, 0.25) is 0 Å². The monoisotopic (exact) mass is 142 g/mol. The molecule has 0 N–H and O–H groups in total. The van der Waals surface area contributed by atoms with Gasteiger partial charge in [0, 0.05) is 19.4 Å². The summed E-state index contributed by atoms with van der Waals surface area (Å²) in [4.78, 5) is 3.78. The van der Waals surface area contributed by atoms with Gasteiger partial charge < -0.3 is 4.57 Å². The first-order chi connectivity index (χ1) is 4.89. The first-order valence-corrected chi connectivity index (χ1v) is 3.81. The first-order valence-electron chi connectivity index (χ1n) is 3.81. The molecule has 0 saturated heterocycles. The number of aryl methyl sites for hydroxylation is 1. The van der Waals surface area contributed by atoms with E-state index < -0.39 is 0 Å². The zero-order chi connectivity index (χ0) is 8.41. The second-order valence-electron chi connectivity index (χ2n) is 1.23. The van der Waals surface area contributed by atoms with Crippen molar-refractivity contribution in [2.24, 2.45) is 7.05 Å². The third-order valence-electron chi connectivity index (χ3n) is 0.637. The molecule has 10 heavy (non-hydrogen) atoms. The van der Waals surface area contributed by atoms with E-state index in [4.69, 9.17) is 0 Å². The Morgan fingerprint density at radius 1 is 1.10 bits per heavy atom. The Bertz CT molecular complexity index is 111. The first kappa shape index (κ1) is 11.9. The summed E-state index contributed by atoms with van der Waals surface area (Å²) < 4.78 is 1.89. The molecule has 0 bridgehead atoms. The number of rotatable bonds is 0. The zero-order valence-electron chi connectivity index (χ0n) is 7.63. The number of nitrogens with zero attached hydrogens (tertiary/aromatic N) is 2. The standard InChI is InChI=1S/C4H6N2.2C2H6/c1-6-3-2-5-4-6;2*1-2/h2-4H,1H3;2*1-2H3. The van der Waals surface area contributed by atoms with Crippen LogP contribution in [0.3, 0.4) is 0 Å². The summed E-state index contributed by atoms with van der Waals surface area (Å²) in [5, 5.41) is 0. The Morgan fingerprint density at radius 2 is 1.60 bits per heavy atom. The molecule has 0 aliphatic heterocycles. The fourth-order valence-corrected chi connectivity index (χ4v) is 0.326. The van der Waals surface area contributed by atoms with Gasteiger partial charge in [0.05, 0.1) is 6.33 Å². The second-order valence-corrected chi connectivity index (χ2v) is 1.23. The van der Waals surface area contributed by atoms with Crippen LogP contribution in [-0.2, 0) is 7.05 Å². The van der Waals surface area contributed by atoms with Crippen LogP contribution in [0.1, 0.15) is 27.7 Å². The van der Waals surface area contributed by atoms with Crippen molar-refractivity contribution < 1.29 is 0 Å². The third kappa shape index (κ3) is 7.21. The van der Waals surface area contributed by atoms with Crippen molar-refractivity contribution in [3.63, 3.8) is 0 Å². The molecule has 0 aromatic carbocycles.